The largest absolute Gasteiger partial charge is 0.478 e. The van der Waals surface area contributed by atoms with Gasteiger partial charge in [0.1, 0.15) is 0 Å². The third kappa shape index (κ3) is 2.45. The van der Waals surface area contributed by atoms with Crippen LogP contribution in [0.3, 0.4) is 0 Å². The lowest BCUT2D eigenvalue weighted by Crippen LogP contribution is -2.16. The van der Waals surface area contributed by atoms with Crippen LogP contribution >= 0.6 is 0 Å². The summed E-state index contributed by atoms with van der Waals surface area (Å²) in [6.45, 7) is 7.79. The Morgan fingerprint density at radius 1 is 0.773 bits per heavy atom. The highest BCUT2D eigenvalue weighted by molar-refractivity contribution is 6.14. The van der Waals surface area contributed by atoms with E-state index in [4.69, 9.17) is 0 Å². The van der Waals surface area contributed by atoms with Crippen molar-refractivity contribution >= 4 is 22.7 Å². The van der Waals surface area contributed by atoms with E-state index in [9.17, 15) is 19.8 Å². The van der Waals surface area contributed by atoms with Gasteiger partial charge in [-0.05, 0) is 33.7 Å². The van der Waals surface area contributed by atoms with E-state index in [1.807, 2.05) is 39.8 Å². The second kappa shape index (κ2) is 5.79. The number of hydrogen-bond acceptors (Lipinski definition) is 2. The van der Waals surface area contributed by atoms with Crippen molar-refractivity contribution < 1.29 is 19.8 Å². The molecule has 0 radical (unpaired) electrons. The van der Waals surface area contributed by atoms with Crippen molar-refractivity contribution in [1.82, 2.24) is 0 Å². The maximum absolute atomic E-state index is 11.8. The average Bonchev–Trinajstić information content (AvgIpc) is 2.43. The fourth-order valence-electron chi connectivity index (χ4n) is 3.15. The number of carboxylic acid groups (broad SMARTS) is 2. The number of hydrogen-bond donors (Lipinski definition) is 2. The molecule has 0 aliphatic carbocycles. The third-order valence-electron chi connectivity index (χ3n) is 3.88. The van der Waals surface area contributed by atoms with Gasteiger partial charge >= 0.3 is 11.9 Å². The molecule has 4 heteroatoms. The van der Waals surface area contributed by atoms with Crippen molar-refractivity contribution in [2.24, 2.45) is 0 Å². The molecule has 0 fully saturated rings. The van der Waals surface area contributed by atoms with Crippen molar-refractivity contribution in [2.45, 2.75) is 39.5 Å². The predicted octanol–water partition coefficient (Wildman–Crippen LogP) is 4.48. The Balaban J connectivity index is 3.17. The zero-order chi connectivity index (χ0) is 16.6. The molecular weight excluding hydrogens is 280 g/mol. The highest BCUT2D eigenvalue weighted by Gasteiger charge is 2.29. The van der Waals surface area contributed by atoms with Gasteiger partial charge in [0.25, 0.3) is 0 Å². The van der Waals surface area contributed by atoms with Gasteiger partial charge in [-0.3, -0.25) is 0 Å². The van der Waals surface area contributed by atoms with E-state index in [-0.39, 0.29) is 23.0 Å². The normalized spacial score (nSPS) is 11.4. The highest BCUT2D eigenvalue weighted by Crippen LogP contribution is 2.38. The summed E-state index contributed by atoms with van der Waals surface area (Å²) >= 11 is 0. The van der Waals surface area contributed by atoms with Gasteiger partial charge in [0.2, 0.25) is 0 Å². The molecule has 0 atom stereocenters. The monoisotopic (exact) mass is 300 g/mol. The molecule has 2 aromatic carbocycles. The number of aromatic carboxylic acids is 2. The molecule has 0 saturated carbocycles. The lowest BCUT2D eigenvalue weighted by Gasteiger charge is -2.23. The minimum Gasteiger partial charge on any atom is -0.478 e. The summed E-state index contributed by atoms with van der Waals surface area (Å²) in [5.74, 6) is -2.37. The van der Waals surface area contributed by atoms with Crippen LogP contribution in [0.25, 0.3) is 10.8 Å². The molecule has 0 aliphatic heterocycles. The quantitative estimate of drug-likeness (QED) is 0.872. The Morgan fingerprint density at radius 2 is 1.23 bits per heavy atom. The van der Waals surface area contributed by atoms with Gasteiger partial charge in [-0.25, -0.2) is 9.59 Å². The van der Waals surface area contributed by atoms with Gasteiger partial charge in [-0.15, -0.1) is 0 Å². The summed E-state index contributed by atoms with van der Waals surface area (Å²) in [6, 6.07) is 7.14. The summed E-state index contributed by atoms with van der Waals surface area (Å²) in [5.41, 5.74) is 1.35. The van der Waals surface area contributed by atoms with Gasteiger partial charge in [0, 0.05) is 0 Å². The Morgan fingerprint density at radius 3 is 1.64 bits per heavy atom. The molecule has 0 heterocycles. The average molecular weight is 300 g/mol. The molecule has 0 spiro atoms. The van der Waals surface area contributed by atoms with Gasteiger partial charge in [-0.1, -0.05) is 52.0 Å². The molecule has 2 rings (SSSR count). The van der Waals surface area contributed by atoms with Crippen LogP contribution in [0.1, 0.15) is 71.4 Å². The molecule has 2 aromatic rings. The molecule has 22 heavy (non-hydrogen) atoms. The first-order chi connectivity index (χ1) is 10.3. The number of benzene rings is 2. The minimum atomic E-state index is -1.20. The van der Waals surface area contributed by atoms with E-state index in [0.717, 1.165) is 10.9 Å². The van der Waals surface area contributed by atoms with Crippen LogP contribution in [-0.2, 0) is 0 Å². The molecule has 0 aliphatic rings. The summed E-state index contributed by atoms with van der Waals surface area (Å²) < 4.78 is 0. The number of carbonyl (C=O) groups is 2. The van der Waals surface area contributed by atoms with Crippen LogP contribution in [0.5, 0.6) is 0 Å². The summed E-state index contributed by atoms with van der Waals surface area (Å²) in [6.07, 6.45) is 0. The molecule has 0 aromatic heterocycles. The van der Waals surface area contributed by atoms with Crippen LogP contribution < -0.4 is 0 Å². The van der Waals surface area contributed by atoms with Crippen molar-refractivity contribution in [2.75, 3.05) is 0 Å². The van der Waals surface area contributed by atoms with Crippen LogP contribution in [0.4, 0.5) is 0 Å². The molecule has 0 bridgehead atoms. The standard InChI is InChI=1S/C18H20O4/c1-9(2)13-11-7-5-6-8-12(11)15(17(19)20)16(18(21)22)14(13)10(3)4/h5-10H,1-4H3,(H,19,20)(H,21,22). The number of fused-ring (bicyclic) bond motifs is 1. The van der Waals surface area contributed by atoms with Crippen molar-refractivity contribution in [3.63, 3.8) is 0 Å². The highest BCUT2D eigenvalue weighted by atomic mass is 16.4. The molecule has 2 N–H and O–H groups in total. The summed E-state index contributed by atoms with van der Waals surface area (Å²) in [7, 11) is 0. The minimum absolute atomic E-state index is 0.0776. The second-order valence-electron chi connectivity index (χ2n) is 6.04. The first kappa shape index (κ1) is 16.0. The summed E-state index contributed by atoms with van der Waals surface area (Å²) in [5, 5.41) is 20.5. The third-order valence-corrected chi connectivity index (χ3v) is 3.88. The first-order valence-electron chi connectivity index (χ1n) is 7.32. The van der Waals surface area contributed by atoms with E-state index >= 15 is 0 Å². The zero-order valence-corrected chi connectivity index (χ0v) is 13.2. The predicted molar refractivity (Wildman–Crippen MR) is 86.0 cm³/mol. The molecule has 116 valence electrons. The van der Waals surface area contributed by atoms with E-state index in [0.29, 0.717) is 10.9 Å². The summed E-state index contributed by atoms with van der Waals surface area (Å²) in [4.78, 5) is 23.5. The Bertz CT molecular complexity index is 757. The first-order valence-corrected chi connectivity index (χ1v) is 7.32. The molecular formula is C18H20O4. The van der Waals surface area contributed by atoms with Crippen LogP contribution in [0.15, 0.2) is 24.3 Å². The van der Waals surface area contributed by atoms with Crippen LogP contribution in [0.2, 0.25) is 0 Å². The van der Waals surface area contributed by atoms with Gasteiger partial charge in [0.15, 0.2) is 0 Å². The van der Waals surface area contributed by atoms with E-state index in [1.54, 1.807) is 12.1 Å². The fourth-order valence-corrected chi connectivity index (χ4v) is 3.15. The van der Waals surface area contributed by atoms with Crippen LogP contribution in [-0.4, -0.2) is 22.2 Å². The maximum Gasteiger partial charge on any atom is 0.337 e. The van der Waals surface area contributed by atoms with E-state index in [2.05, 4.69) is 0 Å². The van der Waals surface area contributed by atoms with Crippen molar-refractivity contribution in [3.8, 4) is 0 Å². The van der Waals surface area contributed by atoms with Crippen molar-refractivity contribution in [1.29, 1.82) is 0 Å². The Hall–Kier alpha value is -2.36. The van der Waals surface area contributed by atoms with Gasteiger partial charge < -0.3 is 10.2 Å². The lowest BCUT2D eigenvalue weighted by molar-refractivity contribution is 0.0652. The smallest absolute Gasteiger partial charge is 0.337 e. The topological polar surface area (TPSA) is 74.6 Å². The van der Waals surface area contributed by atoms with E-state index < -0.39 is 11.9 Å². The zero-order valence-electron chi connectivity index (χ0n) is 13.2. The Labute approximate surface area is 129 Å². The Kier molecular flexibility index (Phi) is 4.22. The van der Waals surface area contributed by atoms with Gasteiger partial charge in [-0.2, -0.15) is 0 Å². The number of rotatable bonds is 4. The van der Waals surface area contributed by atoms with Gasteiger partial charge in [0.05, 0.1) is 11.1 Å². The fraction of sp³-hybridized carbons (Fsp3) is 0.333. The van der Waals surface area contributed by atoms with E-state index in [1.165, 1.54) is 0 Å². The maximum atomic E-state index is 11.8. The molecule has 0 amide bonds. The molecule has 0 unspecified atom stereocenters. The van der Waals surface area contributed by atoms with Crippen LogP contribution in [0, 0.1) is 0 Å². The number of carboxylic acids is 2. The molecule has 0 saturated heterocycles. The SMILES string of the molecule is CC(C)c1c(C(=O)O)c(C(=O)O)c2ccccc2c1C(C)C. The second-order valence-corrected chi connectivity index (χ2v) is 6.04. The molecule has 4 nitrogen and oxygen atoms in total. The lowest BCUT2D eigenvalue weighted by atomic mass is 9.80. The van der Waals surface area contributed by atoms with Crippen molar-refractivity contribution in [3.05, 3.63) is 46.5 Å².